The van der Waals surface area contributed by atoms with Crippen molar-refractivity contribution in [2.75, 3.05) is 26.4 Å². The number of carbonyl (C=O) groups excluding carboxylic acids is 3. The van der Waals surface area contributed by atoms with E-state index in [1.54, 1.807) is 0 Å². The predicted molar refractivity (Wildman–Crippen MR) is 334 cm³/mol. The Hall–Kier alpha value is -4.90. The molecule has 0 aliphatic carbocycles. The molecule has 3 unspecified atom stereocenters. The van der Waals surface area contributed by atoms with Crippen LogP contribution in [0, 0.1) is 0 Å². The van der Waals surface area contributed by atoms with E-state index in [1.165, 1.54) is 0 Å². The summed E-state index contributed by atoms with van der Waals surface area (Å²) in [5.74, 6) is -1.58. The third-order valence-electron chi connectivity index (χ3n) is 11.9. The van der Waals surface area contributed by atoms with Gasteiger partial charge in [0.1, 0.15) is 12.7 Å². The Morgan fingerprint density at radius 1 is 0.350 bits per heavy atom. The van der Waals surface area contributed by atoms with Crippen LogP contribution in [0.3, 0.4) is 0 Å². The van der Waals surface area contributed by atoms with Crippen molar-refractivity contribution in [2.24, 2.45) is 0 Å². The second-order valence-electron chi connectivity index (χ2n) is 19.4. The average Bonchev–Trinajstić information content (AvgIpc) is 3.45. The van der Waals surface area contributed by atoms with Gasteiger partial charge in [0.05, 0.1) is 19.8 Å². The minimum absolute atomic E-state index is 0.112. The van der Waals surface area contributed by atoms with E-state index in [0.717, 1.165) is 154 Å². The molecule has 0 fully saturated rings. The number of aliphatic hydroxyl groups is 1. The largest absolute Gasteiger partial charge is 0.472 e. The van der Waals surface area contributed by atoms with E-state index in [4.69, 9.17) is 23.3 Å². The Kier molecular flexibility index (Phi) is 56.5. The Bertz CT molecular complexity index is 1950. The molecule has 0 aliphatic heterocycles. The van der Waals surface area contributed by atoms with Gasteiger partial charge in [-0.2, -0.15) is 0 Å². The molecule has 2 N–H and O–H groups in total. The van der Waals surface area contributed by atoms with Crippen LogP contribution < -0.4 is 0 Å². The van der Waals surface area contributed by atoms with Crippen molar-refractivity contribution in [3.8, 4) is 0 Å². The van der Waals surface area contributed by atoms with Crippen molar-refractivity contribution in [3.63, 3.8) is 0 Å². The standard InChI is InChI=1S/C68H107O11P/c1-4-7-10-13-16-19-22-25-28-30-32-34-37-39-42-45-48-51-54-57-66(70)75-61-65(79-68(72)59-56-53-50-47-44-41-38-35-33-31-29-26-23-20-17-14-11-8-5-2)63-77-80(73,74)76-62-64(60-69)78-67(71)58-55-52-49-46-43-40-36-27-24-21-18-15-12-9-6-3/h7-12,16-21,25-29,32-36,41,43-44,46,64-65,69H,4-6,13-15,22-24,30-31,37-40,42,45,47-63H2,1-3H3,(H,73,74)/b10-7-,11-8-,12-9-,19-16-,20-17-,21-18-,28-25-,29-26-,34-32-,35-33-,36-27-,44-41-,46-43-. The van der Waals surface area contributed by atoms with Crippen LogP contribution >= 0.6 is 7.82 Å². The fourth-order valence-corrected chi connectivity index (χ4v) is 8.21. The van der Waals surface area contributed by atoms with Gasteiger partial charge < -0.3 is 24.2 Å². The highest BCUT2D eigenvalue weighted by molar-refractivity contribution is 7.47. The Morgan fingerprint density at radius 2 is 0.613 bits per heavy atom. The van der Waals surface area contributed by atoms with Crippen LogP contribution in [0.15, 0.2) is 158 Å². The van der Waals surface area contributed by atoms with Gasteiger partial charge in [-0.3, -0.25) is 23.4 Å². The Labute approximate surface area is 485 Å². The van der Waals surface area contributed by atoms with Crippen LogP contribution in [0.5, 0.6) is 0 Å². The molecule has 0 rings (SSSR count). The molecule has 0 aromatic carbocycles. The number of allylic oxidation sites excluding steroid dienone is 26. The lowest BCUT2D eigenvalue weighted by atomic mass is 10.1. The van der Waals surface area contributed by atoms with Gasteiger partial charge in [-0.1, -0.05) is 211 Å². The zero-order valence-electron chi connectivity index (χ0n) is 49.7. The maximum Gasteiger partial charge on any atom is 0.472 e. The van der Waals surface area contributed by atoms with Crippen molar-refractivity contribution in [3.05, 3.63) is 158 Å². The molecule has 80 heavy (non-hydrogen) atoms. The van der Waals surface area contributed by atoms with Crippen molar-refractivity contribution < 1.29 is 52.2 Å². The minimum atomic E-state index is -4.79. The molecule has 3 atom stereocenters. The maximum atomic E-state index is 12.9. The maximum absolute atomic E-state index is 12.9. The number of esters is 3. The number of rotatable bonds is 54. The summed E-state index contributed by atoms with van der Waals surface area (Å²) < 4.78 is 39.5. The topological polar surface area (TPSA) is 155 Å². The highest BCUT2D eigenvalue weighted by Gasteiger charge is 2.28. The third kappa shape index (κ3) is 57.8. The number of phosphoric ester groups is 1. The number of unbranched alkanes of at least 4 members (excludes halogenated alkanes) is 11. The lowest BCUT2D eigenvalue weighted by molar-refractivity contribution is -0.161. The van der Waals surface area contributed by atoms with Crippen LogP contribution in [0.2, 0.25) is 0 Å². The first-order chi connectivity index (χ1) is 39.2. The lowest BCUT2D eigenvalue weighted by Crippen LogP contribution is -2.30. The molecule has 0 bridgehead atoms. The van der Waals surface area contributed by atoms with Crippen molar-refractivity contribution >= 4 is 25.7 Å². The summed E-state index contributed by atoms with van der Waals surface area (Å²) in [5.41, 5.74) is 0. The SMILES string of the molecule is CC/C=C\C/C=C\C/C=C\C/C=C\C/C=C\CCCCCC(=O)OC(COC(=O)CCCCCCCC/C=C\C/C=C\C/C=C\C/C=C\CC)COP(=O)(O)OCC(CO)OC(=O)CCCC/C=C\C/C=C\C/C=C\C/C=C\CC. The molecule has 450 valence electrons. The molecular formula is C68H107O11P. The van der Waals surface area contributed by atoms with E-state index in [0.29, 0.717) is 19.3 Å². The summed E-state index contributed by atoms with van der Waals surface area (Å²) >= 11 is 0. The number of hydrogen-bond acceptors (Lipinski definition) is 10. The van der Waals surface area contributed by atoms with Gasteiger partial charge in [0.15, 0.2) is 6.10 Å². The van der Waals surface area contributed by atoms with Crippen LogP contribution in [0.1, 0.15) is 213 Å². The Morgan fingerprint density at radius 3 is 0.975 bits per heavy atom. The molecule has 0 saturated carbocycles. The molecule has 0 saturated heterocycles. The van der Waals surface area contributed by atoms with Gasteiger partial charge in [-0.15, -0.1) is 0 Å². The van der Waals surface area contributed by atoms with Gasteiger partial charge >= 0.3 is 25.7 Å². The first-order valence-corrected chi connectivity index (χ1v) is 31.9. The molecule has 0 radical (unpaired) electrons. The summed E-state index contributed by atoms with van der Waals surface area (Å²) in [7, 11) is -4.79. The third-order valence-corrected chi connectivity index (χ3v) is 12.9. The monoisotopic (exact) mass is 1130 g/mol. The van der Waals surface area contributed by atoms with Crippen molar-refractivity contribution in [2.45, 2.75) is 226 Å². The number of hydrogen-bond donors (Lipinski definition) is 2. The van der Waals surface area contributed by atoms with Gasteiger partial charge in [0.25, 0.3) is 0 Å². The van der Waals surface area contributed by atoms with Gasteiger partial charge in [0.2, 0.25) is 0 Å². The highest BCUT2D eigenvalue weighted by atomic mass is 31.2. The fourth-order valence-electron chi connectivity index (χ4n) is 7.42. The quantitative estimate of drug-likeness (QED) is 0.0197. The number of carbonyl (C=O) groups is 3. The van der Waals surface area contributed by atoms with Crippen LogP contribution in [-0.2, 0) is 42.2 Å². The summed E-state index contributed by atoms with van der Waals surface area (Å²) in [6.07, 6.45) is 79.1. The molecule has 0 amide bonds. The van der Waals surface area contributed by atoms with Crippen LogP contribution in [-0.4, -0.2) is 66.5 Å². The van der Waals surface area contributed by atoms with E-state index < -0.39 is 57.8 Å². The van der Waals surface area contributed by atoms with Gasteiger partial charge in [0, 0.05) is 19.3 Å². The second-order valence-corrected chi connectivity index (χ2v) is 20.8. The number of ether oxygens (including phenoxy) is 3. The van der Waals surface area contributed by atoms with Crippen LogP contribution in [0.4, 0.5) is 0 Å². The van der Waals surface area contributed by atoms with Crippen molar-refractivity contribution in [1.29, 1.82) is 0 Å². The smallest absolute Gasteiger partial charge is 0.462 e. The van der Waals surface area contributed by atoms with E-state index in [9.17, 15) is 28.9 Å². The first-order valence-electron chi connectivity index (χ1n) is 30.4. The minimum Gasteiger partial charge on any atom is -0.462 e. The fraction of sp³-hybridized carbons (Fsp3) is 0.574. The summed E-state index contributed by atoms with van der Waals surface area (Å²) in [6, 6.07) is 0. The summed E-state index contributed by atoms with van der Waals surface area (Å²) in [6.45, 7) is 4.18. The normalized spacial score (nSPS) is 14.4. The molecule has 0 aromatic rings. The number of phosphoric acid groups is 1. The number of aliphatic hydroxyl groups excluding tert-OH is 1. The van der Waals surface area contributed by atoms with E-state index >= 15 is 0 Å². The zero-order valence-corrected chi connectivity index (χ0v) is 50.6. The lowest BCUT2D eigenvalue weighted by Gasteiger charge is -2.21. The molecule has 12 heteroatoms. The molecular weight excluding hydrogens is 1020 g/mol. The van der Waals surface area contributed by atoms with Gasteiger partial charge in [-0.25, -0.2) is 4.57 Å². The van der Waals surface area contributed by atoms with Crippen LogP contribution in [0.25, 0.3) is 0 Å². The molecule has 11 nitrogen and oxygen atoms in total. The Balaban J connectivity index is 4.88. The molecule has 0 spiro atoms. The predicted octanol–water partition coefficient (Wildman–Crippen LogP) is 18.5. The summed E-state index contributed by atoms with van der Waals surface area (Å²) in [5, 5.41) is 9.83. The van der Waals surface area contributed by atoms with Gasteiger partial charge in [-0.05, 0) is 141 Å². The molecule has 0 heterocycles. The second kappa shape index (κ2) is 60.2. The van der Waals surface area contributed by atoms with E-state index in [1.807, 2.05) is 0 Å². The summed E-state index contributed by atoms with van der Waals surface area (Å²) in [4.78, 5) is 48.7. The van der Waals surface area contributed by atoms with E-state index in [-0.39, 0.29) is 25.9 Å². The first kappa shape index (κ1) is 75.1. The average molecular weight is 1130 g/mol. The van der Waals surface area contributed by atoms with E-state index in [2.05, 4.69) is 179 Å². The van der Waals surface area contributed by atoms with Crippen molar-refractivity contribution in [1.82, 2.24) is 0 Å². The molecule has 0 aromatic heterocycles. The highest BCUT2D eigenvalue weighted by Crippen LogP contribution is 2.43. The zero-order chi connectivity index (χ0) is 58.3. The molecule has 0 aliphatic rings.